The number of hydrogen-bond acceptors (Lipinski definition) is 2. The molecule has 2 rings (SSSR count). The van der Waals surface area contributed by atoms with Crippen molar-refractivity contribution in [2.45, 2.75) is 25.8 Å². The molecule has 0 saturated carbocycles. The first-order valence-electron chi connectivity index (χ1n) is 3.92. The first-order valence-corrected chi connectivity index (χ1v) is 3.92. The molecule has 0 aromatic carbocycles. The molecule has 1 aliphatic heterocycles. The zero-order valence-electron chi connectivity index (χ0n) is 6.29. The van der Waals surface area contributed by atoms with Crippen molar-refractivity contribution in [3.8, 4) is 0 Å². The van der Waals surface area contributed by atoms with Crippen LogP contribution in [-0.4, -0.2) is 9.55 Å². The average Bonchev–Trinajstić information content (AvgIpc) is 2.06. The van der Waals surface area contributed by atoms with Crippen LogP contribution in [0, 0.1) is 0 Å². The van der Waals surface area contributed by atoms with Gasteiger partial charge in [0.25, 0.3) is 0 Å². The van der Waals surface area contributed by atoms with Crippen LogP contribution in [0.5, 0.6) is 0 Å². The van der Waals surface area contributed by atoms with Gasteiger partial charge < -0.3 is 0 Å². The van der Waals surface area contributed by atoms with E-state index in [-0.39, 0.29) is 5.69 Å². The summed E-state index contributed by atoms with van der Waals surface area (Å²) in [5.41, 5.74) is 1.04. The number of aromatic nitrogens is 2. The van der Waals surface area contributed by atoms with E-state index in [1.807, 2.05) is 6.07 Å². The fourth-order valence-electron chi connectivity index (χ4n) is 1.50. The molecule has 0 unspecified atom stereocenters. The second-order valence-corrected chi connectivity index (χ2v) is 2.83. The van der Waals surface area contributed by atoms with E-state index >= 15 is 0 Å². The van der Waals surface area contributed by atoms with E-state index in [0.717, 1.165) is 25.1 Å². The molecule has 0 spiro atoms. The van der Waals surface area contributed by atoms with Gasteiger partial charge >= 0.3 is 5.69 Å². The summed E-state index contributed by atoms with van der Waals surface area (Å²) in [5.74, 6) is 0. The maximum absolute atomic E-state index is 11.1. The van der Waals surface area contributed by atoms with Crippen LogP contribution in [0.2, 0.25) is 0 Å². The highest BCUT2D eigenvalue weighted by molar-refractivity contribution is 5.02. The minimum atomic E-state index is -0.0952. The van der Waals surface area contributed by atoms with Gasteiger partial charge in [-0.05, 0) is 25.3 Å². The molecule has 1 aromatic rings. The normalized spacial score (nSPS) is 16.0. The third-order valence-corrected chi connectivity index (χ3v) is 2.09. The van der Waals surface area contributed by atoms with Crippen LogP contribution >= 0.6 is 0 Å². The SMILES string of the molecule is O=c1nccc2n1CCCC2. The largest absolute Gasteiger partial charge is 0.347 e. The van der Waals surface area contributed by atoms with Gasteiger partial charge in [-0.2, -0.15) is 0 Å². The Labute approximate surface area is 64.7 Å². The van der Waals surface area contributed by atoms with Crippen LogP contribution in [-0.2, 0) is 13.0 Å². The second-order valence-electron chi connectivity index (χ2n) is 2.83. The number of hydrogen-bond donors (Lipinski definition) is 0. The van der Waals surface area contributed by atoms with Crippen LogP contribution < -0.4 is 5.69 Å². The fourth-order valence-corrected chi connectivity index (χ4v) is 1.50. The quantitative estimate of drug-likeness (QED) is 0.542. The Balaban J connectivity index is 2.58. The summed E-state index contributed by atoms with van der Waals surface area (Å²) in [4.78, 5) is 14.8. The second kappa shape index (κ2) is 2.49. The summed E-state index contributed by atoms with van der Waals surface area (Å²) < 4.78 is 1.77. The summed E-state index contributed by atoms with van der Waals surface area (Å²) in [6.45, 7) is 0.849. The Morgan fingerprint density at radius 2 is 2.36 bits per heavy atom. The van der Waals surface area contributed by atoms with Gasteiger partial charge in [-0.25, -0.2) is 9.78 Å². The molecular formula is C8H10N2O. The summed E-state index contributed by atoms with van der Waals surface area (Å²) >= 11 is 0. The van der Waals surface area contributed by atoms with Crippen molar-refractivity contribution < 1.29 is 0 Å². The molecule has 0 radical (unpaired) electrons. The summed E-state index contributed by atoms with van der Waals surface area (Å²) in [5, 5.41) is 0. The maximum Gasteiger partial charge on any atom is 0.347 e. The number of nitrogens with zero attached hydrogens (tertiary/aromatic N) is 2. The zero-order chi connectivity index (χ0) is 7.68. The van der Waals surface area contributed by atoms with E-state index in [4.69, 9.17) is 0 Å². The minimum absolute atomic E-state index is 0.0952. The highest BCUT2D eigenvalue weighted by Crippen LogP contribution is 2.09. The highest BCUT2D eigenvalue weighted by Gasteiger charge is 2.08. The smallest absolute Gasteiger partial charge is 0.296 e. The van der Waals surface area contributed by atoms with Crippen LogP contribution in [0.25, 0.3) is 0 Å². The summed E-state index contributed by atoms with van der Waals surface area (Å²) in [7, 11) is 0. The van der Waals surface area contributed by atoms with Crippen LogP contribution in [0.15, 0.2) is 17.1 Å². The van der Waals surface area contributed by atoms with E-state index in [1.165, 1.54) is 6.42 Å². The standard InChI is InChI=1S/C8H10N2O/c11-8-9-5-4-7-3-1-2-6-10(7)8/h4-5H,1-3,6H2. The molecule has 0 atom stereocenters. The lowest BCUT2D eigenvalue weighted by atomic mass is 10.1. The molecule has 3 heteroatoms. The van der Waals surface area contributed by atoms with Gasteiger partial charge in [0.05, 0.1) is 0 Å². The van der Waals surface area contributed by atoms with Crippen molar-refractivity contribution in [3.05, 3.63) is 28.4 Å². The molecule has 0 saturated heterocycles. The van der Waals surface area contributed by atoms with E-state index in [9.17, 15) is 4.79 Å². The molecule has 0 amide bonds. The van der Waals surface area contributed by atoms with Crippen LogP contribution in [0.3, 0.4) is 0 Å². The Kier molecular flexibility index (Phi) is 1.49. The van der Waals surface area contributed by atoms with Crippen molar-refractivity contribution in [2.75, 3.05) is 0 Å². The van der Waals surface area contributed by atoms with Crippen LogP contribution in [0.1, 0.15) is 18.5 Å². The molecular weight excluding hydrogens is 140 g/mol. The molecule has 0 aliphatic carbocycles. The molecule has 0 bridgehead atoms. The summed E-state index contributed by atoms with van der Waals surface area (Å²) in [6, 6.07) is 1.93. The van der Waals surface area contributed by atoms with Gasteiger partial charge in [-0.3, -0.25) is 4.57 Å². The monoisotopic (exact) mass is 150 g/mol. The average molecular weight is 150 g/mol. The van der Waals surface area contributed by atoms with Crippen molar-refractivity contribution in [3.63, 3.8) is 0 Å². The molecule has 58 valence electrons. The lowest BCUT2D eigenvalue weighted by Gasteiger charge is -2.15. The molecule has 0 N–H and O–H groups in total. The molecule has 1 aromatic heterocycles. The Bertz CT molecular complexity index is 316. The Morgan fingerprint density at radius 1 is 1.45 bits per heavy atom. The van der Waals surface area contributed by atoms with E-state index in [2.05, 4.69) is 4.98 Å². The van der Waals surface area contributed by atoms with Crippen molar-refractivity contribution >= 4 is 0 Å². The predicted octanol–water partition coefficient (Wildman–Crippen LogP) is 0.580. The minimum Gasteiger partial charge on any atom is -0.296 e. The van der Waals surface area contributed by atoms with Gasteiger partial charge in [-0.1, -0.05) is 0 Å². The number of fused-ring (bicyclic) bond motifs is 1. The van der Waals surface area contributed by atoms with Crippen molar-refractivity contribution in [2.24, 2.45) is 0 Å². The van der Waals surface area contributed by atoms with E-state index < -0.39 is 0 Å². The molecule has 11 heavy (non-hydrogen) atoms. The van der Waals surface area contributed by atoms with Gasteiger partial charge in [0.1, 0.15) is 0 Å². The topological polar surface area (TPSA) is 34.9 Å². The summed E-state index contributed by atoms with van der Waals surface area (Å²) in [6.07, 6.45) is 4.93. The number of aryl methyl sites for hydroxylation is 1. The lowest BCUT2D eigenvalue weighted by Crippen LogP contribution is -2.28. The number of rotatable bonds is 0. The predicted molar refractivity (Wildman–Crippen MR) is 41.4 cm³/mol. The first kappa shape index (κ1) is 6.58. The lowest BCUT2D eigenvalue weighted by molar-refractivity contribution is 0.503. The molecule has 0 fully saturated rings. The van der Waals surface area contributed by atoms with E-state index in [1.54, 1.807) is 10.8 Å². The van der Waals surface area contributed by atoms with Gasteiger partial charge in [0.15, 0.2) is 0 Å². The molecule has 2 heterocycles. The van der Waals surface area contributed by atoms with Gasteiger partial charge in [0.2, 0.25) is 0 Å². The fraction of sp³-hybridized carbons (Fsp3) is 0.500. The highest BCUT2D eigenvalue weighted by atomic mass is 16.1. The van der Waals surface area contributed by atoms with Crippen molar-refractivity contribution in [1.29, 1.82) is 0 Å². The zero-order valence-corrected chi connectivity index (χ0v) is 6.29. The third kappa shape index (κ3) is 1.06. The van der Waals surface area contributed by atoms with Gasteiger partial charge in [0, 0.05) is 18.4 Å². The Morgan fingerprint density at radius 3 is 3.18 bits per heavy atom. The molecule has 3 nitrogen and oxygen atoms in total. The van der Waals surface area contributed by atoms with Crippen molar-refractivity contribution in [1.82, 2.24) is 9.55 Å². The molecule has 1 aliphatic rings. The maximum atomic E-state index is 11.1. The third-order valence-electron chi connectivity index (χ3n) is 2.09. The Hall–Kier alpha value is -1.12. The van der Waals surface area contributed by atoms with Crippen LogP contribution in [0.4, 0.5) is 0 Å². The first-order chi connectivity index (χ1) is 5.38. The van der Waals surface area contributed by atoms with Gasteiger partial charge in [-0.15, -0.1) is 0 Å². The van der Waals surface area contributed by atoms with E-state index in [0.29, 0.717) is 0 Å².